The summed E-state index contributed by atoms with van der Waals surface area (Å²) in [6, 6.07) is 5.89. The molecule has 1 unspecified atom stereocenters. The van der Waals surface area contributed by atoms with Crippen molar-refractivity contribution < 1.29 is 18.0 Å². The van der Waals surface area contributed by atoms with E-state index in [2.05, 4.69) is 22.1 Å². The minimum Gasteiger partial charge on any atom is -0.369 e. The van der Waals surface area contributed by atoms with Crippen LogP contribution in [0.4, 0.5) is 18.9 Å². The maximum absolute atomic E-state index is 13.4. The number of anilines is 1. The van der Waals surface area contributed by atoms with Gasteiger partial charge in [-0.15, -0.1) is 0 Å². The van der Waals surface area contributed by atoms with E-state index in [0.717, 1.165) is 24.7 Å². The first-order valence-electron chi connectivity index (χ1n) is 9.29. The van der Waals surface area contributed by atoms with Crippen molar-refractivity contribution in [1.29, 1.82) is 0 Å². The topological polar surface area (TPSA) is 48.5 Å². The number of amides is 1. The van der Waals surface area contributed by atoms with Crippen LogP contribution in [0.5, 0.6) is 0 Å². The van der Waals surface area contributed by atoms with Crippen molar-refractivity contribution in [3.63, 3.8) is 0 Å². The summed E-state index contributed by atoms with van der Waals surface area (Å²) in [4.78, 5) is 20.0. The van der Waals surface area contributed by atoms with Crippen molar-refractivity contribution in [3.05, 3.63) is 36.0 Å². The smallest absolute Gasteiger partial charge is 0.369 e. The third-order valence-electron chi connectivity index (χ3n) is 4.88. The summed E-state index contributed by atoms with van der Waals surface area (Å²) in [5.74, 6) is 0.246. The van der Waals surface area contributed by atoms with Gasteiger partial charge in [0, 0.05) is 36.4 Å². The molecular weight excluding hydrogens is 369 g/mol. The molecule has 1 saturated heterocycles. The number of carbonyl (C=O) groups is 1. The van der Waals surface area contributed by atoms with Gasteiger partial charge in [0.1, 0.15) is 0 Å². The van der Waals surface area contributed by atoms with Gasteiger partial charge in [-0.05, 0) is 50.7 Å². The van der Waals surface area contributed by atoms with Gasteiger partial charge in [-0.25, -0.2) is 0 Å². The summed E-state index contributed by atoms with van der Waals surface area (Å²) in [6.07, 6.45) is -2.24. The Kier molecular flexibility index (Phi) is 5.79. The lowest BCUT2D eigenvalue weighted by molar-refractivity contribution is -0.136. The van der Waals surface area contributed by atoms with Crippen LogP contribution < -0.4 is 10.2 Å². The van der Waals surface area contributed by atoms with Gasteiger partial charge < -0.3 is 15.1 Å². The van der Waals surface area contributed by atoms with Gasteiger partial charge in [0.05, 0.1) is 17.6 Å². The fourth-order valence-corrected chi connectivity index (χ4v) is 3.88. The van der Waals surface area contributed by atoms with Crippen molar-refractivity contribution in [3.8, 4) is 0 Å². The van der Waals surface area contributed by atoms with E-state index in [9.17, 15) is 18.0 Å². The zero-order chi connectivity index (χ0) is 20.5. The number of carbonyl (C=O) groups excluding carboxylic acids is 1. The van der Waals surface area contributed by atoms with Crippen molar-refractivity contribution in [2.45, 2.75) is 25.6 Å². The number of rotatable bonds is 4. The number of fused-ring (bicyclic) bond motifs is 1. The van der Waals surface area contributed by atoms with E-state index < -0.39 is 11.7 Å². The summed E-state index contributed by atoms with van der Waals surface area (Å²) in [5, 5.41) is 3.52. The summed E-state index contributed by atoms with van der Waals surface area (Å²) in [6.45, 7) is 3.66. The number of hydrogen-bond acceptors (Lipinski definition) is 4. The van der Waals surface area contributed by atoms with Crippen LogP contribution in [0.1, 0.15) is 18.9 Å². The predicted octanol–water partition coefficient (Wildman–Crippen LogP) is 3.15. The molecule has 0 bridgehead atoms. The van der Waals surface area contributed by atoms with Crippen LogP contribution in [0, 0.1) is 5.92 Å². The molecule has 1 aromatic carbocycles. The first-order chi connectivity index (χ1) is 13.1. The Bertz CT molecular complexity index is 853. The molecule has 1 N–H and O–H groups in total. The van der Waals surface area contributed by atoms with Crippen LogP contribution in [-0.4, -0.2) is 55.6 Å². The van der Waals surface area contributed by atoms with Crippen LogP contribution >= 0.6 is 0 Å². The number of piperidine rings is 1. The summed E-state index contributed by atoms with van der Waals surface area (Å²) in [7, 11) is 3.66. The Balaban J connectivity index is 1.90. The molecule has 0 aliphatic carbocycles. The van der Waals surface area contributed by atoms with Crippen molar-refractivity contribution in [2.24, 2.45) is 5.92 Å². The first kappa shape index (κ1) is 20.4. The largest absolute Gasteiger partial charge is 0.418 e. The van der Waals surface area contributed by atoms with E-state index in [0.29, 0.717) is 24.4 Å². The molecule has 1 fully saturated rings. The number of alkyl halides is 3. The van der Waals surface area contributed by atoms with E-state index >= 15 is 0 Å². The van der Waals surface area contributed by atoms with Crippen LogP contribution in [0.15, 0.2) is 30.5 Å². The number of nitrogens with zero attached hydrogens (tertiary/aromatic N) is 3. The van der Waals surface area contributed by atoms with Crippen LogP contribution in [-0.2, 0) is 11.0 Å². The fourth-order valence-electron chi connectivity index (χ4n) is 3.88. The van der Waals surface area contributed by atoms with Gasteiger partial charge in [-0.3, -0.25) is 9.78 Å². The molecule has 0 saturated carbocycles. The van der Waals surface area contributed by atoms with Gasteiger partial charge in [0.25, 0.3) is 0 Å². The van der Waals surface area contributed by atoms with Gasteiger partial charge >= 0.3 is 6.18 Å². The molecule has 0 spiro atoms. The van der Waals surface area contributed by atoms with Crippen LogP contribution in [0.2, 0.25) is 0 Å². The Hall–Kier alpha value is -2.35. The maximum atomic E-state index is 13.4. The molecule has 1 aliphatic heterocycles. The lowest BCUT2D eigenvalue weighted by Gasteiger charge is -2.39. The Morgan fingerprint density at radius 3 is 2.71 bits per heavy atom. The van der Waals surface area contributed by atoms with Crippen LogP contribution in [0.25, 0.3) is 10.9 Å². The zero-order valence-electron chi connectivity index (χ0n) is 16.3. The summed E-state index contributed by atoms with van der Waals surface area (Å²) in [5.41, 5.74) is -0.0545. The van der Waals surface area contributed by atoms with E-state index in [4.69, 9.17) is 0 Å². The lowest BCUT2D eigenvalue weighted by atomic mass is 9.94. The number of halogens is 3. The number of aromatic nitrogens is 1. The quantitative estimate of drug-likeness (QED) is 0.866. The molecule has 2 heterocycles. The van der Waals surface area contributed by atoms with Crippen molar-refractivity contribution in [2.75, 3.05) is 38.6 Å². The second-order valence-electron chi connectivity index (χ2n) is 7.78. The normalized spacial score (nSPS) is 20.6. The average Bonchev–Trinajstić information content (AvgIpc) is 2.58. The van der Waals surface area contributed by atoms with E-state index in [-0.39, 0.29) is 17.5 Å². The van der Waals surface area contributed by atoms with Gasteiger partial charge in [0.15, 0.2) is 0 Å². The standard InChI is InChI=1S/C20H25F3N4O/c1-13-9-14(25-18(28)12-26(2)3)11-27(10-13)17-7-6-16(20(21,22)23)19-15(17)5-4-8-24-19/h4-8,13-14H,9-12H2,1-3H3,(H,25,28)/t13?,14-/m1/s1. The molecule has 2 aromatic rings. The Labute approximate surface area is 162 Å². The van der Waals surface area contributed by atoms with E-state index in [1.165, 1.54) is 12.3 Å². The molecule has 1 amide bonds. The predicted molar refractivity (Wildman–Crippen MR) is 103 cm³/mol. The monoisotopic (exact) mass is 394 g/mol. The zero-order valence-corrected chi connectivity index (χ0v) is 16.3. The minimum absolute atomic E-state index is 0.0427. The lowest BCUT2D eigenvalue weighted by Crippen LogP contribution is -2.51. The van der Waals surface area contributed by atoms with Crippen molar-refractivity contribution in [1.82, 2.24) is 15.2 Å². The fraction of sp³-hybridized carbons (Fsp3) is 0.500. The van der Waals surface area contributed by atoms with Crippen LogP contribution in [0.3, 0.4) is 0 Å². The summed E-state index contributed by atoms with van der Waals surface area (Å²) >= 11 is 0. The Morgan fingerprint density at radius 2 is 2.04 bits per heavy atom. The second-order valence-corrected chi connectivity index (χ2v) is 7.78. The average molecular weight is 394 g/mol. The molecular formula is C20H25F3N4O. The van der Waals surface area contributed by atoms with Gasteiger partial charge in [-0.1, -0.05) is 6.92 Å². The highest BCUT2D eigenvalue weighted by atomic mass is 19.4. The van der Waals surface area contributed by atoms with E-state index in [1.54, 1.807) is 17.0 Å². The third-order valence-corrected chi connectivity index (χ3v) is 4.88. The van der Waals surface area contributed by atoms with E-state index in [1.807, 2.05) is 14.1 Å². The minimum atomic E-state index is -4.46. The molecule has 0 radical (unpaired) electrons. The highest BCUT2D eigenvalue weighted by Gasteiger charge is 2.34. The van der Waals surface area contributed by atoms with Gasteiger partial charge in [0.2, 0.25) is 5.91 Å². The molecule has 2 atom stereocenters. The molecule has 1 aromatic heterocycles. The van der Waals surface area contributed by atoms with Gasteiger partial charge in [-0.2, -0.15) is 13.2 Å². The number of hydrogen-bond donors (Lipinski definition) is 1. The SMILES string of the molecule is CC1C[C@@H](NC(=O)CN(C)C)CN(c2ccc(C(F)(F)F)c3ncccc23)C1. The molecule has 152 valence electrons. The molecule has 1 aliphatic rings. The summed E-state index contributed by atoms with van der Waals surface area (Å²) < 4.78 is 40.1. The molecule has 5 nitrogen and oxygen atoms in total. The maximum Gasteiger partial charge on any atom is 0.418 e. The number of nitrogens with one attached hydrogen (secondary N) is 1. The molecule has 28 heavy (non-hydrogen) atoms. The first-order valence-corrected chi connectivity index (χ1v) is 9.29. The number of benzene rings is 1. The number of likely N-dealkylation sites (N-methyl/N-ethyl adjacent to an activating group) is 1. The highest BCUT2D eigenvalue weighted by Crippen LogP contribution is 2.38. The molecule has 3 rings (SSSR count). The highest BCUT2D eigenvalue weighted by molar-refractivity contribution is 5.94. The Morgan fingerprint density at radius 1 is 1.29 bits per heavy atom. The van der Waals surface area contributed by atoms with Crippen molar-refractivity contribution >= 4 is 22.5 Å². The third kappa shape index (κ3) is 4.55. The second kappa shape index (κ2) is 7.95. The molecule has 8 heteroatoms. The number of pyridine rings is 1.